The molecule has 4 heterocycles. The first-order valence-electron chi connectivity index (χ1n) is 15.8. The van der Waals surface area contributed by atoms with E-state index >= 15 is 8.78 Å². The lowest BCUT2D eigenvalue weighted by atomic mass is 10.0. The number of anilines is 1. The smallest absolute Gasteiger partial charge is 0.355 e. The molecule has 2 bridgehead atoms. The second-order valence-corrected chi connectivity index (χ2v) is 12.2. The summed E-state index contributed by atoms with van der Waals surface area (Å²) < 4.78 is 70.3. The molecule has 3 aromatic rings. The van der Waals surface area contributed by atoms with E-state index in [1.165, 1.54) is 36.7 Å². The number of alkyl halides is 2. The number of benzene rings is 1. The van der Waals surface area contributed by atoms with Gasteiger partial charge in [0.05, 0.1) is 10.9 Å². The van der Waals surface area contributed by atoms with E-state index in [0.717, 1.165) is 16.7 Å². The molecule has 2 aliphatic rings. The highest BCUT2D eigenvalue weighted by Gasteiger charge is 2.32. The number of amides is 1. The summed E-state index contributed by atoms with van der Waals surface area (Å²) in [6, 6.07) is 4.47. The van der Waals surface area contributed by atoms with E-state index in [-0.39, 0.29) is 71.2 Å². The Morgan fingerprint density at radius 2 is 2.00 bits per heavy atom. The Morgan fingerprint density at radius 1 is 1.22 bits per heavy atom. The SMILES string of the molecule is C=CC(=O)N1CCN(c2nc(=O)n3c4nc(c(F)cc24)-c2c(F)cccc2OCC(OCC(F)F)C(O)C(/C=C\NCC(C)C)=C\3)[C@@H](C)C1. The van der Waals surface area contributed by atoms with Gasteiger partial charge in [0.15, 0.2) is 11.5 Å². The van der Waals surface area contributed by atoms with Crippen LogP contribution in [0.4, 0.5) is 23.4 Å². The molecular weight excluding hydrogens is 648 g/mol. The van der Waals surface area contributed by atoms with Crippen molar-refractivity contribution >= 4 is 29.0 Å². The first kappa shape index (κ1) is 35.5. The average molecular weight is 687 g/mol. The fraction of sp³-hybridized carbons (Fsp3) is 0.412. The van der Waals surface area contributed by atoms with Crippen molar-refractivity contribution in [2.45, 2.75) is 45.4 Å². The van der Waals surface area contributed by atoms with Gasteiger partial charge in [-0.3, -0.25) is 9.36 Å². The molecular formula is C34H38F4N6O5. The van der Waals surface area contributed by atoms with E-state index in [9.17, 15) is 23.5 Å². The number of fused-ring (bicyclic) bond motifs is 3. The predicted molar refractivity (Wildman–Crippen MR) is 176 cm³/mol. The van der Waals surface area contributed by atoms with Crippen LogP contribution >= 0.6 is 0 Å². The third-order valence-electron chi connectivity index (χ3n) is 8.16. The molecule has 0 aliphatic carbocycles. The zero-order valence-electron chi connectivity index (χ0n) is 27.3. The second-order valence-electron chi connectivity index (χ2n) is 12.2. The van der Waals surface area contributed by atoms with Gasteiger partial charge in [-0.15, -0.1) is 0 Å². The molecule has 1 saturated heterocycles. The van der Waals surface area contributed by atoms with Crippen LogP contribution in [0.15, 0.2) is 59.6 Å². The monoisotopic (exact) mass is 686 g/mol. The third kappa shape index (κ3) is 7.78. The van der Waals surface area contributed by atoms with Crippen LogP contribution in [0.25, 0.3) is 28.5 Å². The molecule has 0 saturated carbocycles. The van der Waals surface area contributed by atoms with Crippen LogP contribution in [0.2, 0.25) is 0 Å². The minimum absolute atomic E-state index is 0.0229. The van der Waals surface area contributed by atoms with Crippen molar-refractivity contribution in [3.63, 3.8) is 0 Å². The normalized spacial score (nSPS) is 20.9. The maximum Gasteiger partial charge on any atom is 0.355 e. The summed E-state index contributed by atoms with van der Waals surface area (Å²) in [6.45, 7) is 9.07. The molecule has 11 nitrogen and oxygen atoms in total. The zero-order chi connectivity index (χ0) is 35.4. The number of rotatable bonds is 9. The number of nitrogens with one attached hydrogen (secondary N) is 1. The highest BCUT2D eigenvalue weighted by atomic mass is 19.3. The molecule has 2 unspecified atom stereocenters. The molecule has 1 aromatic carbocycles. The Bertz CT molecular complexity index is 1830. The number of aromatic nitrogens is 3. The van der Waals surface area contributed by atoms with Gasteiger partial charge in [-0.05, 0) is 49.4 Å². The number of carbonyl (C=O) groups is 1. The van der Waals surface area contributed by atoms with Crippen LogP contribution in [0.5, 0.6) is 5.75 Å². The zero-order valence-corrected chi connectivity index (χ0v) is 27.3. The molecule has 1 amide bonds. The molecule has 49 heavy (non-hydrogen) atoms. The van der Waals surface area contributed by atoms with E-state index in [2.05, 4.69) is 21.9 Å². The molecule has 3 atom stereocenters. The van der Waals surface area contributed by atoms with Gasteiger partial charge in [-0.2, -0.15) is 4.98 Å². The van der Waals surface area contributed by atoms with Crippen LogP contribution in [0.1, 0.15) is 20.8 Å². The molecule has 2 N–H and O–H groups in total. The van der Waals surface area contributed by atoms with Gasteiger partial charge in [-0.1, -0.05) is 26.5 Å². The van der Waals surface area contributed by atoms with E-state index in [1.54, 1.807) is 9.80 Å². The largest absolute Gasteiger partial charge is 0.490 e. The minimum Gasteiger partial charge on any atom is -0.490 e. The van der Waals surface area contributed by atoms with Crippen LogP contribution in [-0.2, 0) is 9.53 Å². The summed E-state index contributed by atoms with van der Waals surface area (Å²) >= 11 is 0. The Labute approximate surface area is 280 Å². The number of nitrogens with zero attached hydrogens (tertiary/aromatic N) is 5. The van der Waals surface area contributed by atoms with Gasteiger partial charge in [0.1, 0.15) is 48.5 Å². The summed E-state index contributed by atoms with van der Waals surface area (Å²) in [4.78, 5) is 38.3. The first-order chi connectivity index (χ1) is 23.4. The van der Waals surface area contributed by atoms with Crippen molar-refractivity contribution in [3.05, 3.63) is 76.9 Å². The maximum absolute atomic E-state index is 16.1. The second kappa shape index (κ2) is 15.2. The number of ether oxygens (including phenoxy) is 2. The van der Waals surface area contributed by atoms with Crippen molar-refractivity contribution in [1.29, 1.82) is 0 Å². The van der Waals surface area contributed by atoms with Crippen LogP contribution in [0.3, 0.4) is 0 Å². The maximum atomic E-state index is 16.1. The van der Waals surface area contributed by atoms with E-state index in [0.29, 0.717) is 6.54 Å². The van der Waals surface area contributed by atoms with Crippen molar-refractivity contribution < 1.29 is 36.9 Å². The van der Waals surface area contributed by atoms with Gasteiger partial charge in [0.2, 0.25) is 5.91 Å². The molecule has 1 fully saturated rings. The minimum atomic E-state index is -2.88. The van der Waals surface area contributed by atoms with Crippen molar-refractivity contribution in [3.8, 4) is 17.0 Å². The number of aliphatic hydroxyl groups is 1. The van der Waals surface area contributed by atoms with Crippen LogP contribution in [0, 0.1) is 17.6 Å². The molecule has 0 spiro atoms. The summed E-state index contributed by atoms with van der Waals surface area (Å²) in [5.74, 6) is -1.95. The Hall–Kier alpha value is -4.76. The first-order valence-corrected chi connectivity index (χ1v) is 15.8. The number of piperazine rings is 1. The van der Waals surface area contributed by atoms with E-state index in [1.807, 2.05) is 20.8 Å². The standard InChI is InChI=1S/C34H38F4N6O5/c1-5-28(45)42-11-12-43(20(4)15-42)33-22-13-24(36)30-29-23(35)7-6-8-25(29)48-17-26(49-18-27(37)38)31(46)21(9-10-39-14-19(2)3)16-44(32(22)40-30)34(47)41-33/h5-10,13,16,19-20,26-27,31,39,46H,1,11-12,14-15,17-18H2,2-4H3/b10-9-,21-16-/t20-,26?,31?/m0/s1. The lowest BCUT2D eigenvalue weighted by Gasteiger charge is -2.40. The fourth-order valence-electron chi connectivity index (χ4n) is 5.73. The predicted octanol–water partition coefficient (Wildman–Crippen LogP) is 3.96. The third-order valence-corrected chi connectivity index (χ3v) is 8.16. The van der Waals surface area contributed by atoms with Gasteiger partial charge in [0.25, 0.3) is 6.43 Å². The lowest BCUT2D eigenvalue weighted by Crippen LogP contribution is -2.54. The lowest BCUT2D eigenvalue weighted by molar-refractivity contribution is -0.126. The Kier molecular flexibility index (Phi) is 11.0. The number of hydrogen-bond donors (Lipinski definition) is 2. The average Bonchev–Trinajstić information content (AvgIpc) is 3.05. The van der Waals surface area contributed by atoms with Crippen molar-refractivity contribution in [2.24, 2.45) is 5.92 Å². The van der Waals surface area contributed by atoms with E-state index in [4.69, 9.17) is 9.47 Å². The highest BCUT2D eigenvalue weighted by molar-refractivity contribution is 5.91. The summed E-state index contributed by atoms with van der Waals surface area (Å²) in [5, 5.41) is 14.7. The summed E-state index contributed by atoms with van der Waals surface area (Å²) in [5.41, 5.74) is -1.83. The van der Waals surface area contributed by atoms with Gasteiger partial charge >= 0.3 is 5.69 Å². The number of hydrogen-bond acceptors (Lipinski definition) is 9. The molecule has 5 rings (SSSR count). The van der Waals surface area contributed by atoms with E-state index < -0.39 is 54.9 Å². The van der Waals surface area contributed by atoms with Crippen LogP contribution < -0.4 is 20.6 Å². The number of pyridine rings is 1. The summed E-state index contributed by atoms with van der Waals surface area (Å²) in [6.07, 6.45) is -0.580. The van der Waals surface area contributed by atoms with Crippen molar-refractivity contribution in [2.75, 3.05) is 44.3 Å². The highest BCUT2D eigenvalue weighted by Crippen LogP contribution is 2.37. The number of carbonyl (C=O) groups excluding carboxylic acids is 1. The fourth-order valence-corrected chi connectivity index (χ4v) is 5.73. The molecule has 262 valence electrons. The Morgan fingerprint density at radius 3 is 2.69 bits per heavy atom. The molecule has 15 heteroatoms. The van der Waals surface area contributed by atoms with Gasteiger partial charge in [0, 0.05) is 44.0 Å². The number of aliphatic hydroxyl groups excluding tert-OH is 1. The van der Waals surface area contributed by atoms with Crippen LogP contribution in [-0.4, -0.2) is 94.5 Å². The molecule has 0 radical (unpaired) electrons. The number of halogens is 4. The van der Waals surface area contributed by atoms with Gasteiger partial charge < -0.3 is 29.7 Å². The topological polar surface area (TPSA) is 122 Å². The van der Waals surface area contributed by atoms with Gasteiger partial charge in [-0.25, -0.2) is 27.3 Å². The quantitative estimate of drug-likeness (QED) is 0.255. The molecule has 2 aliphatic heterocycles. The Balaban J connectivity index is 1.76. The summed E-state index contributed by atoms with van der Waals surface area (Å²) in [7, 11) is 0. The van der Waals surface area contributed by atoms with Crippen molar-refractivity contribution in [1.82, 2.24) is 24.8 Å². The molecule has 2 aromatic heterocycles.